The zero-order chi connectivity index (χ0) is 42.0. The molecule has 296 valence electrons. The van der Waals surface area contributed by atoms with E-state index in [1.54, 1.807) is 0 Å². The van der Waals surface area contributed by atoms with Crippen LogP contribution in [-0.2, 0) is 5.41 Å². The summed E-state index contributed by atoms with van der Waals surface area (Å²) in [5, 5.41) is 4.88. The van der Waals surface area contributed by atoms with Crippen molar-refractivity contribution < 1.29 is 0 Å². The van der Waals surface area contributed by atoms with Gasteiger partial charge in [0.2, 0.25) is 0 Å². The third kappa shape index (κ3) is 6.00. The summed E-state index contributed by atoms with van der Waals surface area (Å²) in [6.45, 7) is 11.5. The average molecular weight is 796 g/mol. The Hall–Kier alpha value is -7.75. The Bertz CT molecular complexity index is 3390. The van der Waals surface area contributed by atoms with Crippen molar-refractivity contribution >= 4 is 66.7 Å². The minimum atomic E-state index is -0.241. The summed E-state index contributed by atoms with van der Waals surface area (Å²) >= 11 is 0. The van der Waals surface area contributed by atoms with Crippen LogP contribution in [0.2, 0.25) is 0 Å². The van der Waals surface area contributed by atoms with Gasteiger partial charge in [0.15, 0.2) is 0 Å². The lowest BCUT2D eigenvalue weighted by Gasteiger charge is -2.42. The Kier molecular flexibility index (Phi) is 8.87. The van der Waals surface area contributed by atoms with Gasteiger partial charge in [0.1, 0.15) is 5.84 Å². The Labute approximate surface area is 363 Å². The number of hydrogen-bond acceptors (Lipinski definition) is 2. The van der Waals surface area contributed by atoms with Crippen LogP contribution in [0, 0.1) is 0 Å². The van der Waals surface area contributed by atoms with Gasteiger partial charge in [-0.1, -0.05) is 184 Å². The summed E-state index contributed by atoms with van der Waals surface area (Å²) in [5.41, 5.74) is 16.8. The zero-order valence-electron chi connectivity index (χ0n) is 35.2. The van der Waals surface area contributed by atoms with E-state index in [0.717, 1.165) is 50.5 Å². The van der Waals surface area contributed by atoms with Crippen molar-refractivity contribution in [2.45, 2.75) is 26.2 Å². The summed E-state index contributed by atoms with van der Waals surface area (Å²) < 4.78 is 2.39. The minimum Gasteiger partial charge on any atom is -0.310 e. The van der Waals surface area contributed by atoms with Crippen molar-refractivity contribution in [2.75, 3.05) is 4.90 Å². The van der Waals surface area contributed by atoms with Crippen LogP contribution < -0.4 is 4.90 Å². The van der Waals surface area contributed by atoms with Gasteiger partial charge < -0.3 is 4.90 Å². The van der Waals surface area contributed by atoms with Crippen LogP contribution >= 0.6 is 0 Å². The smallest absolute Gasteiger partial charge is 0.111 e. The molecule has 0 atom stereocenters. The number of para-hydroxylation sites is 4. The molecule has 0 radical (unpaired) electrons. The predicted molar refractivity (Wildman–Crippen MR) is 264 cm³/mol. The Morgan fingerprint density at radius 2 is 1.18 bits per heavy atom. The van der Waals surface area contributed by atoms with E-state index in [-0.39, 0.29) is 5.41 Å². The summed E-state index contributed by atoms with van der Waals surface area (Å²) in [4.78, 5) is 7.92. The largest absolute Gasteiger partial charge is 0.310 e. The van der Waals surface area contributed by atoms with Crippen LogP contribution in [0.1, 0.15) is 43.0 Å². The number of nitrogens with zero attached hydrogens (tertiary/aromatic N) is 3. The topological polar surface area (TPSA) is 20.5 Å². The van der Waals surface area contributed by atoms with E-state index in [4.69, 9.17) is 4.99 Å². The van der Waals surface area contributed by atoms with E-state index in [1.807, 2.05) is 0 Å². The molecule has 0 unspecified atom stereocenters. The van der Waals surface area contributed by atoms with Gasteiger partial charge in [0, 0.05) is 33.0 Å². The molecule has 3 nitrogen and oxygen atoms in total. The molecule has 1 aliphatic rings. The maximum absolute atomic E-state index is 5.50. The molecule has 0 saturated heterocycles. The van der Waals surface area contributed by atoms with Crippen molar-refractivity contribution in [3.8, 4) is 22.3 Å². The molecule has 0 N–H and O–H groups in total. The minimum absolute atomic E-state index is 0.241. The first-order chi connectivity index (χ1) is 30.4. The number of anilines is 3. The first-order valence-corrected chi connectivity index (χ1v) is 21.4. The average Bonchev–Trinajstić information content (AvgIpc) is 3.68. The number of rotatable bonds is 6. The second-order valence-electron chi connectivity index (χ2n) is 16.9. The zero-order valence-corrected chi connectivity index (χ0v) is 35.2. The van der Waals surface area contributed by atoms with Gasteiger partial charge in [0.05, 0.1) is 28.1 Å². The maximum atomic E-state index is 5.50. The van der Waals surface area contributed by atoms with Crippen LogP contribution in [0.25, 0.3) is 60.4 Å². The summed E-state index contributed by atoms with van der Waals surface area (Å²) in [6.07, 6.45) is 0. The molecule has 3 heteroatoms. The standard InChI is InChI=1S/C59H45N3/c1-39(41-30-32-43(33-31-41)42-18-7-5-8-19-42)47-23-13-15-28-53(47)60-40(2)61-56-37-34-44-20-11-12-24-48(44)57(56)50-26-17-25-49(58(50)61)45-35-36-55-52(38-45)59(3,4)51-27-14-16-29-54(51)62(55)46-21-9-6-10-22-46/h5-38H,1H2,2-4H3/b60-40+. The SMILES string of the molecule is C=C(c1ccc(-c2ccccc2)cc1)c1ccccc1/N=C(\C)n1c2ccc3ccccc3c2c2cccc(-c3ccc4c(c3)C(C)(C)c3ccccc3N4c3ccccc3)c21. The van der Waals surface area contributed by atoms with Crippen molar-refractivity contribution in [3.05, 3.63) is 235 Å². The normalized spacial score (nSPS) is 13.3. The number of benzene rings is 9. The van der Waals surface area contributed by atoms with Gasteiger partial charge in [-0.15, -0.1) is 0 Å². The summed E-state index contributed by atoms with van der Waals surface area (Å²) in [6, 6.07) is 74.2. The van der Waals surface area contributed by atoms with Crippen molar-refractivity contribution in [3.63, 3.8) is 0 Å². The number of hydrogen-bond donors (Lipinski definition) is 0. The van der Waals surface area contributed by atoms with Crippen LogP contribution in [-0.4, -0.2) is 10.4 Å². The maximum Gasteiger partial charge on any atom is 0.111 e. The van der Waals surface area contributed by atoms with Crippen LogP contribution in [0.4, 0.5) is 22.7 Å². The Balaban J connectivity index is 1.09. The quantitative estimate of drug-likeness (QED) is 0.121. The molecule has 0 amide bonds. The van der Waals surface area contributed by atoms with Crippen molar-refractivity contribution in [1.82, 2.24) is 4.57 Å². The fourth-order valence-corrected chi connectivity index (χ4v) is 9.83. The Morgan fingerprint density at radius 3 is 2.00 bits per heavy atom. The van der Waals surface area contributed by atoms with Crippen LogP contribution in [0.15, 0.2) is 218 Å². The van der Waals surface area contributed by atoms with E-state index >= 15 is 0 Å². The molecule has 62 heavy (non-hydrogen) atoms. The molecule has 0 fully saturated rings. The molecule has 9 aromatic carbocycles. The summed E-state index contributed by atoms with van der Waals surface area (Å²) in [5.74, 6) is 0.884. The van der Waals surface area contributed by atoms with Gasteiger partial charge in [-0.2, -0.15) is 0 Å². The van der Waals surface area contributed by atoms with E-state index in [2.05, 4.69) is 243 Å². The highest BCUT2D eigenvalue weighted by molar-refractivity contribution is 6.25. The fourth-order valence-electron chi connectivity index (χ4n) is 9.83. The molecule has 11 rings (SSSR count). The van der Waals surface area contributed by atoms with Crippen LogP contribution in [0.5, 0.6) is 0 Å². The highest BCUT2D eigenvalue weighted by Gasteiger charge is 2.37. The van der Waals surface area contributed by atoms with Gasteiger partial charge in [-0.25, -0.2) is 4.99 Å². The second-order valence-corrected chi connectivity index (χ2v) is 16.9. The van der Waals surface area contributed by atoms with Gasteiger partial charge in [0.25, 0.3) is 0 Å². The lowest BCUT2D eigenvalue weighted by molar-refractivity contribution is 0.632. The first-order valence-electron chi connectivity index (χ1n) is 21.4. The number of aromatic nitrogens is 1. The molecule has 1 aliphatic heterocycles. The monoisotopic (exact) mass is 795 g/mol. The van der Waals surface area contributed by atoms with Gasteiger partial charge in [-0.3, -0.25) is 4.57 Å². The molecule has 0 bridgehead atoms. The lowest BCUT2D eigenvalue weighted by Crippen LogP contribution is -2.30. The molecular formula is C59H45N3. The first kappa shape index (κ1) is 37.3. The number of fused-ring (bicyclic) bond motifs is 7. The molecule has 0 saturated carbocycles. The molecule has 1 aromatic heterocycles. The molecule has 0 spiro atoms. The second kappa shape index (κ2) is 14.8. The molecule has 0 aliphatic carbocycles. The van der Waals surface area contributed by atoms with E-state index in [9.17, 15) is 0 Å². The molecular weight excluding hydrogens is 751 g/mol. The third-order valence-corrected chi connectivity index (χ3v) is 12.9. The van der Waals surface area contributed by atoms with Crippen LogP contribution in [0.3, 0.4) is 0 Å². The molecule has 2 heterocycles. The highest BCUT2D eigenvalue weighted by Crippen LogP contribution is 2.53. The van der Waals surface area contributed by atoms with Crippen molar-refractivity contribution in [2.24, 2.45) is 4.99 Å². The number of aliphatic imine (C=N–C) groups is 1. The van der Waals surface area contributed by atoms with E-state index < -0.39 is 0 Å². The molecule has 10 aromatic rings. The Morgan fingerprint density at radius 1 is 0.532 bits per heavy atom. The lowest BCUT2D eigenvalue weighted by atomic mass is 9.73. The van der Waals surface area contributed by atoms with Gasteiger partial charge in [-0.05, 0) is 99.1 Å². The van der Waals surface area contributed by atoms with E-state index in [1.165, 1.54) is 60.7 Å². The predicted octanol–water partition coefficient (Wildman–Crippen LogP) is 16.1. The van der Waals surface area contributed by atoms with Gasteiger partial charge >= 0.3 is 0 Å². The third-order valence-electron chi connectivity index (χ3n) is 12.9. The fraction of sp³-hybridized carbons (Fsp3) is 0.0678. The highest BCUT2D eigenvalue weighted by atomic mass is 15.2. The van der Waals surface area contributed by atoms with E-state index in [0.29, 0.717) is 0 Å². The summed E-state index contributed by atoms with van der Waals surface area (Å²) in [7, 11) is 0. The van der Waals surface area contributed by atoms with Crippen molar-refractivity contribution in [1.29, 1.82) is 0 Å².